The fourth-order valence-electron chi connectivity index (χ4n) is 2.08. The molecule has 0 heterocycles. The van der Waals surface area contributed by atoms with Crippen LogP contribution in [0.2, 0.25) is 5.02 Å². The van der Waals surface area contributed by atoms with Gasteiger partial charge in [0.15, 0.2) is 0 Å². The Morgan fingerprint density at radius 3 is 1.61 bits per heavy atom. The summed E-state index contributed by atoms with van der Waals surface area (Å²) in [5.41, 5.74) is -6.42. The number of rotatable bonds is 2. The van der Waals surface area contributed by atoms with E-state index in [0.29, 0.717) is 12.1 Å². The number of halogens is 10. The molecule has 2 rings (SSSR count). The lowest BCUT2D eigenvalue weighted by Crippen LogP contribution is -2.17. The van der Waals surface area contributed by atoms with E-state index in [4.69, 9.17) is 11.6 Å². The highest BCUT2D eigenvalue weighted by Crippen LogP contribution is 2.37. The van der Waals surface area contributed by atoms with E-state index in [0.717, 1.165) is 6.07 Å². The molecule has 0 aromatic heterocycles. The van der Waals surface area contributed by atoms with Gasteiger partial charge in [-0.2, -0.15) is 39.5 Å². The summed E-state index contributed by atoms with van der Waals surface area (Å²) < 4.78 is 115. The minimum atomic E-state index is -5.19. The lowest BCUT2D eigenvalue weighted by Gasteiger charge is -2.15. The van der Waals surface area contributed by atoms with E-state index in [1.54, 1.807) is 5.32 Å². The third-order valence-corrected chi connectivity index (χ3v) is 3.72. The van der Waals surface area contributed by atoms with E-state index >= 15 is 0 Å². The van der Waals surface area contributed by atoms with Crippen molar-refractivity contribution in [3.63, 3.8) is 0 Å². The van der Waals surface area contributed by atoms with Crippen molar-refractivity contribution in [3.05, 3.63) is 63.7 Å². The lowest BCUT2D eigenvalue weighted by molar-refractivity contribution is -0.143. The second-order valence-electron chi connectivity index (χ2n) is 5.44. The smallest absolute Gasteiger partial charge is 0.321 e. The minimum absolute atomic E-state index is 0.145. The van der Waals surface area contributed by atoms with Gasteiger partial charge in [0.05, 0.1) is 27.4 Å². The molecule has 12 heteroatoms. The van der Waals surface area contributed by atoms with Crippen LogP contribution in [0.4, 0.5) is 45.2 Å². The number of amides is 1. The first-order chi connectivity index (χ1) is 12.6. The van der Waals surface area contributed by atoms with Gasteiger partial charge in [0, 0.05) is 5.56 Å². The molecular formula is C16H7ClF9NO. The van der Waals surface area contributed by atoms with Gasteiger partial charge in [-0.05, 0) is 36.4 Å². The molecule has 0 saturated heterocycles. The monoisotopic (exact) mass is 435 g/mol. The van der Waals surface area contributed by atoms with Crippen LogP contribution in [0.1, 0.15) is 27.0 Å². The summed E-state index contributed by atoms with van der Waals surface area (Å²) >= 11 is 5.64. The van der Waals surface area contributed by atoms with Crippen LogP contribution < -0.4 is 5.32 Å². The number of carbonyl (C=O) groups excluding carboxylic acids is 1. The summed E-state index contributed by atoms with van der Waals surface area (Å²) in [6, 6.07) is 1.86. The van der Waals surface area contributed by atoms with Crippen LogP contribution in [-0.2, 0) is 18.5 Å². The van der Waals surface area contributed by atoms with Gasteiger partial charge in [0.25, 0.3) is 5.91 Å². The van der Waals surface area contributed by atoms with E-state index in [2.05, 4.69) is 0 Å². The second kappa shape index (κ2) is 7.19. The van der Waals surface area contributed by atoms with Crippen molar-refractivity contribution in [3.8, 4) is 0 Å². The molecule has 152 valence electrons. The van der Waals surface area contributed by atoms with Crippen molar-refractivity contribution in [1.82, 2.24) is 0 Å². The van der Waals surface area contributed by atoms with Crippen molar-refractivity contribution in [2.45, 2.75) is 18.5 Å². The number of nitrogens with one attached hydrogen (secondary N) is 1. The summed E-state index contributed by atoms with van der Waals surface area (Å²) in [5.74, 6) is -1.50. The molecule has 1 amide bonds. The van der Waals surface area contributed by atoms with Crippen molar-refractivity contribution < 1.29 is 44.3 Å². The molecule has 2 nitrogen and oxygen atoms in total. The van der Waals surface area contributed by atoms with E-state index in [1.165, 1.54) is 0 Å². The third-order valence-electron chi connectivity index (χ3n) is 3.39. The molecule has 0 spiro atoms. The van der Waals surface area contributed by atoms with Crippen molar-refractivity contribution in [1.29, 1.82) is 0 Å². The highest BCUT2D eigenvalue weighted by Gasteiger charge is 2.37. The Balaban J connectivity index is 2.47. The standard InChI is InChI=1S/C16H7ClF9NO/c17-11-2-1-8(14(18,19)20)6-12(11)27-13(28)7-3-9(15(21,22)23)5-10(4-7)16(24,25)26/h1-6H,(H,27,28). The van der Waals surface area contributed by atoms with Crippen LogP contribution in [-0.4, -0.2) is 5.91 Å². The van der Waals surface area contributed by atoms with Gasteiger partial charge >= 0.3 is 18.5 Å². The zero-order chi connectivity index (χ0) is 21.5. The Morgan fingerprint density at radius 2 is 1.18 bits per heavy atom. The van der Waals surface area contributed by atoms with Gasteiger partial charge in [0.1, 0.15) is 0 Å². The summed E-state index contributed by atoms with van der Waals surface area (Å²) in [5, 5.41) is 1.39. The molecule has 0 radical (unpaired) electrons. The molecule has 0 aliphatic rings. The lowest BCUT2D eigenvalue weighted by atomic mass is 10.0. The number of hydrogen-bond acceptors (Lipinski definition) is 1. The Labute approximate surface area is 155 Å². The highest BCUT2D eigenvalue weighted by molar-refractivity contribution is 6.34. The van der Waals surface area contributed by atoms with Gasteiger partial charge in [-0.1, -0.05) is 11.6 Å². The molecule has 2 aromatic carbocycles. The fourth-order valence-corrected chi connectivity index (χ4v) is 2.24. The molecule has 0 fully saturated rings. The zero-order valence-corrected chi connectivity index (χ0v) is 13.9. The Bertz CT molecular complexity index is 868. The molecule has 2 aromatic rings. The molecule has 0 bridgehead atoms. The summed E-state index contributed by atoms with van der Waals surface area (Å²) in [6.45, 7) is 0. The quantitative estimate of drug-likeness (QED) is 0.526. The van der Waals surface area contributed by atoms with Gasteiger partial charge in [-0.3, -0.25) is 4.79 Å². The Hall–Kier alpha value is -2.43. The number of carbonyl (C=O) groups is 1. The second-order valence-corrected chi connectivity index (χ2v) is 5.85. The first-order valence-corrected chi connectivity index (χ1v) is 7.44. The van der Waals surface area contributed by atoms with Crippen LogP contribution in [0.3, 0.4) is 0 Å². The summed E-state index contributed by atoms with van der Waals surface area (Å²) in [4.78, 5) is 12.1. The van der Waals surface area contributed by atoms with E-state index < -0.39 is 57.4 Å². The van der Waals surface area contributed by atoms with E-state index in [9.17, 15) is 44.3 Å². The van der Waals surface area contributed by atoms with Crippen LogP contribution in [0.15, 0.2) is 36.4 Å². The van der Waals surface area contributed by atoms with Gasteiger partial charge in [0.2, 0.25) is 0 Å². The number of hydrogen-bond donors (Lipinski definition) is 1. The maximum absolute atomic E-state index is 12.8. The maximum Gasteiger partial charge on any atom is 0.416 e. The molecule has 0 saturated carbocycles. The summed E-state index contributed by atoms with van der Waals surface area (Å²) in [6.07, 6.45) is -15.2. The Morgan fingerprint density at radius 1 is 0.714 bits per heavy atom. The van der Waals surface area contributed by atoms with Crippen molar-refractivity contribution in [2.24, 2.45) is 0 Å². The predicted octanol–water partition coefficient (Wildman–Crippen LogP) is 6.65. The summed E-state index contributed by atoms with van der Waals surface area (Å²) in [7, 11) is 0. The predicted molar refractivity (Wildman–Crippen MR) is 80.9 cm³/mol. The van der Waals surface area contributed by atoms with Crippen LogP contribution >= 0.6 is 11.6 Å². The normalized spacial score (nSPS) is 12.8. The van der Waals surface area contributed by atoms with Crippen molar-refractivity contribution >= 4 is 23.2 Å². The van der Waals surface area contributed by atoms with Crippen molar-refractivity contribution in [2.75, 3.05) is 5.32 Å². The molecule has 0 aliphatic carbocycles. The van der Waals surface area contributed by atoms with Crippen LogP contribution in [0.5, 0.6) is 0 Å². The molecular weight excluding hydrogens is 429 g/mol. The van der Waals surface area contributed by atoms with Crippen LogP contribution in [0, 0.1) is 0 Å². The topological polar surface area (TPSA) is 29.1 Å². The zero-order valence-electron chi connectivity index (χ0n) is 13.2. The van der Waals surface area contributed by atoms with E-state index in [1.807, 2.05) is 0 Å². The largest absolute Gasteiger partial charge is 0.416 e. The molecule has 1 N–H and O–H groups in total. The highest BCUT2D eigenvalue weighted by atomic mass is 35.5. The van der Waals surface area contributed by atoms with Gasteiger partial charge in [-0.15, -0.1) is 0 Å². The molecule has 0 unspecified atom stereocenters. The maximum atomic E-state index is 12.8. The first kappa shape index (κ1) is 21.9. The van der Waals surface area contributed by atoms with Crippen LogP contribution in [0.25, 0.3) is 0 Å². The minimum Gasteiger partial charge on any atom is -0.321 e. The van der Waals surface area contributed by atoms with E-state index in [-0.39, 0.29) is 18.2 Å². The first-order valence-electron chi connectivity index (χ1n) is 7.06. The number of anilines is 1. The fraction of sp³-hybridized carbons (Fsp3) is 0.188. The molecule has 28 heavy (non-hydrogen) atoms. The Kier molecular flexibility index (Phi) is 5.61. The van der Waals surface area contributed by atoms with Gasteiger partial charge < -0.3 is 5.32 Å². The average molecular weight is 436 g/mol. The third kappa shape index (κ3) is 5.09. The van der Waals surface area contributed by atoms with Gasteiger partial charge in [-0.25, -0.2) is 0 Å². The number of alkyl halides is 9. The average Bonchev–Trinajstić information content (AvgIpc) is 2.53. The molecule has 0 aliphatic heterocycles. The number of benzene rings is 2. The molecule has 0 atom stereocenters. The SMILES string of the molecule is O=C(Nc1cc(C(F)(F)F)ccc1Cl)c1cc(C(F)(F)F)cc(C(F)(F)F)c1.